The van der Waals surface area contributed by atoms with Crippen LogP contribution in [0.5, 0.6) is 5.75 Å². The minimum Gasteiger partial charge on any atom is -0.494 e. The van der Waals surface area contributed by atoms with Crippen LogP contribution in [0.1, 0.15) is 44.2 Å². The zero-order valence-corrected chi connectivity index (χ0v) is 13.3. The Bertz CT molecular complexity index is 458. The quantitative estimate of drug-likeness (QED) is 0.905. The molecule has 118 valence electrons. The standard InChI is InChI=1S/C17H27FN2O/c1-12-4-7-14(8-5-12)20(2)11-16(19)13-6-9-17(21-3)15(18)10-13/h6,9-10,12,14,16H,4-5,7-8,11,19H2,1-3H3. The molecule has 1 aliphatic rings. The van der Waals surface area contributed by atoms with Gasteiger partial charge >= 0.3 is 0 Å². The van der Waals surface area contributed by atoms with E-state index in [1.165, 1.54) is 38.9 Å². The van der Waals surface area contributed by atoms with E-state index in [1.807, 2.05) is 6.07 Å². The van der Waals surface area contributed by atoms with E-state index >= 15 is 0 Å². The first-order valence-electron chi connectivity index (χ1n) is 7.80. The molecular weight excluding hydrogens is 267 g/mol. The second-order valence-corrected chi connectivity index (χ2v) is 6.35. The van der Waals surface area contributed by atoms with Gasteiger partial charge in [0.15, 0.2) is 11.6 Å². The molecule has 1 fully saturated rings. The van der Waals surface area contributed by atoms with Gasteiger partial charge in [0, 0.05) is 18.6 Å². The molecule has 4 heteroatoms. The Kier molecular flexibility index (Phi) is 5.59. The van der Waals surface area contributed by atoms with Crippen molar-refractivity contribution in [2.45, 2.75) is 44.7 Å². The predicted octanol–water partition coefficient (Wildman–Crippen LogP) is 3.34. The summed E-state index contributed by atoms with van der Waals surface area (Å²) in [5, 5.41) is 0. The summed E-state index contributed by atoms with van der Waals surface area (Å²) in [7, 11) is 3.59. The van der Waals surface area contributed by atoms with Crippen LogP contribution in [0.3, 0.4) is 0 Å². The summed E-state index contributed by atoms with van der Waals surface area (Å²) in [4.78, 5) is 2.33. The minimum absolute atomic E-state index is 0.172. The van der Waals surface area contributed by atoms with E-state index in [0.717, 1.165) is 18.0 Å². The predicted molar refractivity (Wildman–Crippen MR) is 83.9 cm³/mol. The summed E-state index contributed by atoms with van der Waals surface area (Å²) in [6.45, 7) is 3.08. The van der Waals surface area contributed by atoms with Crippen molar-refractivity contribution >= 4 is 0 Å². The normalized spacial score (nSPS) is 24.1. The number of hydrogen-bond donors (Lipinski definition) is 1. The number of hydrogen-bond acceptors (Lipinski definition) is 3. The van der Waals surface area contributed by atoms with Gasteiger partial charge in [0.05, 0.1) is 7.11 Å². The van der Waals surface area contributed by atoms with Crippen LogP contribution in [-0.2, 0) is 0 Å². The maximum atomic E-state index is 13.8. The summed E-state index contributed by atoms with van der Waals surface area (Å²) in [6.07, 6.45) is 5.06. The number of ether oxygens (including phenoxy) is 1. The molecule has 0 amide bonds. The molecule has 21 heavy (non-hydrogen) atoms. The third-order valence-electron chi connectivity index (χ3n) is 4.70. The molecule has 1 aliphatic carbocycles. The lowest BCUT2D eigenvalue weighted by Gasteiger charge is -2.35. The number of nitrogens with two attached hydrogens (primary N) is 1. The lowest BCUT2D eigenvalue weighted by molar-refractivity contribution is 0.162. The molecule has 1 aromatic carbocycles. The number of nitrogens with zero attached hydrogens (tertiary/aromatic N) is 1. The Hall–Kier alpha value is -1.13. The van der Waals surface area contributed by atoms with Crippen molar-refractivity contribution in [3.63, 3.8) is 0 Å². The van der Waals surface area contributed by atoms with E-state index in [2.05, 4.69) is 18.9 Å². The Morgan fingerprint density at radius 1 is 1.33 bits per heavy atom. The highest BCUT2D eigenvalue weighted by Crippen LogP contribution is 2.28. The van der Waals surface area contributed by atoms with Crippen molar-refractivity contribution in [2.75, 3.05) is 20.7 Å². The van der Waals surface area contributed by atoms with Crippen molar-refractivity contribution in [3.8, 4) is 5.75 Å². The smallest absolute Gasteiger partial charge is 0.165 e. The summed E-state index contributed by atoms with van der Waals surface area (Å²) >= 11 is 0. The summed E-state index contributed by atoms with van der Waals surface area (Å²) in [6, 6.07) is 5.42. The molecule has 0 heterocycles. The highest BCUT2D eigenvalue weighted by Gasteiger charge is 2.23. The average molecular weight is 294 g/mol. The lowest BCUT2D eigenvalue weighted by atomic mass is 9.86. The van der Waals surface area contributed by atoms with Crippen molar-refractivity contribution in [3.05, 3.63) is 29.6 Å². The fourth-order valence-corrected chi connectivity index (χ4v) is 3.16. The van der Waals surface area contributed by atoms with Crippen LogP contribution in [-0.4, -0.2) is 31.6 Å². The Balaban J connectivity index is 1.94. The molecule has 1 unspecified atom stereocenters. The first kappa shape index (κ1) is 16.2. The largest absolute Gasteiger partial charge is 0.494 e. The molecule has 2 N–H and O–H groups in total. The van der Waals surface area contributed by atoms with Crippen molar-refractivity contribution in [1.82, 2.24) is 4.90 Å². The number of halogens is 1. The minimum atomic E-state index is -0.348. The van der Waals surface area contributed by atoms with Gasteiger partial charge < -0.3 is 15.4 Å². The lowest BCUT2D eigenvalue weighted by Crippen LogP contribution is -2.39. The number of rotatable bonds is 5. The molecule has 0 aromatic heterocycles. The number of likely N-dealkylation sites (N-methyl/N-ethyl adjacent to an activating group) is 1. The van der Waals surface area contributed by atoms with Crippen molar-refractivity contribution < 1.29 is 9.13 Å². The molecule has 0 bridgehead atoms. The average Bonchev–Trinajstić information content (AvgIpc) is 2.47. The molecule has 3 nitrogen and oxygen atoms in total. The molecular formula is C17H27FN2O. The van der Waals surface area contributed by atoms with Crippen molar-refractivity contribution in [1.29, 1.82) is 0 Å². The Morgan fingerprint density at radius 2 is 2.00 bits per heavy atom. The molecule has 0 aliphatic heterocycles. The first-order valence-corrected chi connectivity index (χ1v) is 7.80. The van der Waals surface area contributed by atoms with Crippen LogP contribution in [0.25, 0.3) is 0 Å². The number of benzene rings is 1. The molecule has 0 spiro atoms. The van der Waals surface area contributed by atoms with Crippen molar-refractivity contribution in [2.24, 2.45) is 11.7 Å². The third-order valence-corrected chi connectivity index (χ3v) is 4.70. The van der Waals surface area contributed by atoms with Gasteiger partial charge in [0.1, 0.15) is 0 Å². The summed E-state index contributed by atoms with van der Waals surface area (Å²) in [5.41, 5.74) is 7.06. The van der Waals surface area contributed by atoms with E-state index in [1.54, 1.807) is 6.07 Å². The van der Waals surface area contributed by atoms with Crippen LogP contribution >= 0.6 is 0 Å². The van der Waals surface area contributed by atoms with Gasteiger partial charge in [-0.15, -0.1) is 0 Å². The topological polar surface area (TPSA) is 38.5 Å². The van der Waals surface area contributed by atoms with E-state index in [0.29, 0.717) is 6.04 Å². The molecule has 2 rings (SSSR count). The van der Waals surface area contributed by atoms with Gasteiger partial charge in [0.25, 0.3) is 0 Å². The van der Waals surface area contributed by atoms with Crippen LogP contribution in [0, 0.1) is 11.7 Å². The summed E-state index contributed by atoms with van der Waals surface area (Å²) < 4.78 is 18.7. The summed E-state index contributed by atoms with van der Waals surface area (Å²) in [5.74, 6) is 0.763. The van der Waals surface area contributed by atoms with E-state index < -0.39 is 0 Å². The fraction of sp³-hybridized carbons (Fsp3) is 0.647. The van der Waals surface area contributed by atoms with Gasteiger partial charge in [-0.05, 0) is 56.3 Å². The maximum absolute atomic E-state index is 13.8. The molecule has 1 atom stereocenters. The van der Waals surface area contributed by atoms with Gasteiger partial charge in [-0.25, -0.2) is 4.39 Å². The SMILES string of the molecule is COc1ccc(C(N)CN(C)C2CCC(C)CC2)cc1F. The fourth-order valence-electron chi connectivity index (χ4n) is 3.16. The van der Waals surface area contributed by atoms with Crippen LogP contribution in [0.15, 0.2) is 18.2 Å². The van der Waals surface area contributed by atoms with Crippen LogP contribution in [0.4, 0.5) is 4.39 Å². The molecule has 1 aromatic rings. The van der Waals surface area contributed by atoms with E-state index in [4.69, 9.17) is 10.5 Å². The van der Waals surface area contributed by atoms with Gasteiger partial charge in [-0.2, -0.15) is 0 Å². The van der Waals surface area contributed by atoms with Gasteiger partial charge in [-0.1, -0.05) is 13.0 Å². The second kappa shape index (κ2) is 7.23. The number of methoxy groups -OCH3 is 1. The Morgan fingerprint density at radius 3 is 2.57 bits per heavy atom. The van der Waals surface area contributed by atoms with E-state index in [9.17, 15) is 4.39 Å². The van der Waals surface area contributed by atoms with E-state index in [-0.39, 0.29) is 17.6 Å². The van der Waals surface area contributed by atoms with Gasteiger partial charge in [0.2, 0.25) is 0 Å². The molecule has 0 radical (unpaired) electrons. The van der Waals surface area contributed by atoms with Gasteiger partial charge in [-0.3, -0.25) is 0 Å². The molecule has 1 saturated carbocycles. The zero-order chi connectivity index (χ0) is 15.4. The Labute approximate surface area is 127 Å². The van der Waals surface area contributed by atoms with Crippen LogP contribution in [0.2, 0.25) is 0 Å². The first-order chi connectivity index (χ1) is 10.0. The highest BCUT2D eigenvalue weighted by atomic mass is 19.1. The highest BCUT2D eigenvalue weighted by molar-refractivity contribution is 5.31. The third kappa shape index (κ3) is 4.17. The maximum Gasteiger partial charge on any atom is 0.165 e. The molecule has 0 saturated heterocycles. The second-order valence-electron chi connectivity index (χ2n) is 6.35. The monoisotopic (exact) mass is 294 g/mol. The zero-order valence-electron chi connectivity index (χ0n) is 13.3. The van der Waals surface area contributed by atoms with Crippen LogP contribution < -0.4 is 10.5 Å².